The molecule has 1 aromatic heterocycles. The SMILES string of the molecule is COc1cccc(N(C(=O)C2COc3ccccc3O2)c2nc3ccccc3s2)c1. The van der Waals surface area contributed by atoms with E-state index in [-0.39, 0.29) is 12.5 Å². The van der Waals surface area contributed by atoms with Crippen molar-refractivity contribution in [1.82, 2.24) is 4.98 Å². The molecule has 1 atom stereocenters. The molecule has 7 heteroatoms. The minimum absolute atomic E-state index is 0.126. The number of ether oxygens (including phenoxy) is 3. The van der Waals surface area contributed by atoms with Gasteiger partial charge in [0.05, 0.1) is 23.0 Å². The third-order valence-electron chi connectivity index (χ3n) is 4.79. The van der Waals surface area contributed by atoms with Gasteiger partial charge in [0.1, 0.15) is 12.4 Å². The van der Waals surface area contributed by atoms with Crippen LogP contribution in [0.3, 0.4) is 0 Å². The van der Waals surface area contributed by atoms with Crippen LogP contribution in [-0.2, 0) is 4.79 Å². The summed E-state index contributed by atoms with van der Waals surface area (Å²) in [4.78, 5) is 19.9. The second-order valence-electron chi connectivity index (χ2n) is 6.70. The van der Waals surface area contributed by atoms with Gasteiger partial charge in [-0.15, -0.1) is 0 Å². The van der Waals surface area contributed by atoms with Crippen molar-refractivity contribution in [3.8, 4) is 17.2 Å². The lowest BCUT2D eigenvalue weighted by Gasteiger charge is -2.29. The Labute approximate surface area is 177 Å². The Balaban J connectivity index is 1.56. The molecule has 5 rings (SSSR count). The number of benzene rings is 3. The van der Waals surface area contributed by atoms with Crippen LogP contribution in [0.5, 0.6) is 17.2 Å². The zero-order valence-corrected chi connectivity index (χ0v) is 17.0. The highest BCUT2D eigenvalue weighted by Crippen LogP contribution is 2.37. The van der Waals surface area contributed by atoms with Gasteiger partial charge in [0.25, 0.3) is 5.91 Å². The third kappa shape index (κ3) is 3.33. The zero-order valence-electron chi connectivity index (χ0n) is 16.1. The maximum absolute atomic E-state index is 13.6. The van der Waals surface area contributed by atoms with Gasteiger partial charge in [-0.25, -0.2) is 4.98 Å². The van der Waals surface area contributed by atoms with Crippen LogP contribution in [0.25, 0.3) is 10.2 Å². The van der Waals surface area contributed by atoms with Crippen LogP contribution in [0.15, 0.2) is 72.8 Å². The lowest BCUT2D eigenvalue weighted by molar-refractivity contribution is -0.126. The van der Waals surface area contributed by atoms with Gasteiger partial charge in [0, 0.05) is 6.07 Å². The highest BCUT2D eigenvalue weighted by molar-refractivity contribution is 7.22. The predicted molar refractivity (Wildman–Crippen MR) is 116 cm³/mol. The standard InChI is InChI=1S/C23H18N2O4S/c1-27-16-8-6-7-15(13-16)25(23-24-17-9-2-5-12-21(17)30-23)22(26)20-14-28-18-10-3-4-11-19(18)29-20/h2-13,20H,14H2,1H3. The Kier molecular flexibility index (Phi) is 4.72. The van der Waals surface area contributed by atoms with Crippen LogP contribution in [0.1, 0.15) is 0 Å². The summed E-state index contributed by atoms with van der Waals surface area (Å²) in [6, 6.07) is 22.5. The Bertz CT molecular complexity index is 1190. The minimum Gasteiger partial charge on any atom is -0.497 e. The molecule has 0 saturated heterocycles. The molecular weight excluding hydrogens is 400 g/mol. The van der Waals surface area contributed by atoms with Crippen LogP contribution in [0, 0.1) is 0 Å². The number of carbonyl (C=O) groups excluding carboxylic acids is 1. The van der Waals surface area contributed by atoms with Crippen LogP contribution in [0.4, 0.5) is 10.8 Å². The molecule has 0 N–H and O–H groups in total. The molecule has 1 amide bonds. The number of thiazole rings is 1. The summed E-state index contributed by atoms with van der Waals surface area (Å²) in [5.41, 5.74) is 1.49. The summed E-state index contributed by atoms with van der Waals surface area (Å²) in [5, 5.41) is 0.567. The molecule has 0 radical (unpaired) electrons. The van der Waals surface area contributed by atoms with Gasteiger partial charge < -0.3 is 14.2 Å². The minimum atomic E-state index is -0.793. The number of aromatic nitrogens is 1. The second kappa shape index (κ2) is 7.68. The fourth-order valence-corrected chi connectivity index (χ4v) is 4.31. The van der Waals surface area contributed by atoms with E-state index >= 15 is 0 Å². The number of fused-ring (bicyclic) bond motifs is 2. The van der Waals surface area contributed by atoms with Gasteiger partial charge in [0.2, 0.25) is 6.10 Å². The zero-order chi connectivity index (χ0) is 20.5. The molecule has 0 spiro atoms. The predicted octanol–water partition coefficient (Wildman–Crippen LogP) is 4.81. The molecule has 1 aliphatic rings. The van der Waals surface area contributed by atoms with E-state index in [2.05, 4.69) is 0 Å². The van der Waals surface area contributed by atoms with Gasteiger partial charge in [-0.2, -0.15) is 0 Å². The first-order chi connectivity index (χ1) is 14.7. The Morgan fingerprint density at radius 2 is 1.87 bits per heavy atom. The maximum Gasteiger partial charge on any atom is 0.278 e. The van der Waals surface area contributed by atoms with E-state index in [1.165, 1.54) is 11.3 Å². The van der Waals surface area contributed by atoms with Crippen molar-refractivity contribution in [3.05, 3.63) is 72.8 Å². The third-order valence-corrected chi connectivity index (χ3v) is 5.81. The summed E-state index contributed by atoms with van der Waals surface area (Å²) in [5.74, 6) is 1.58. The number of carbonyl (C=O) groups is 1. The number of hydrogen-bond donors (Lipinski definition) is 0. The number of hydrogen-bond acceptors (Lipinski definition) is 6. The van der Waals surface area contributed by atoms with Crippen molar-refractivity contribution >= 4 is 38.3 Å². The van der Waals surface area contributed by atoms with Crippen LogP contribution >= 0.6 is 11.3 Å². The molecule has 30 heavy (non-hydrogen) atoms. The normalized spacial score (nSPS) is 15.0. The lowest BCUT2D eigenvalue weighted by Crippen LogP contribution is -2.44. The number of nitrogens with zero attached hydrogens (tertiary/aromatic N) is 2. The first-order valence-corrected chi connectivity index (χ1v) is 10.3. The van der Waals surface area contributed by atoms with E-state index < -0.39 is 6.10 Å². The first kappa shape index (κ1) is 18.4. The molecule has 0 saturated carbocycles. The fraction of sp³-hybridized carbons (Fsp3) is 0.130. The number of anilines is 2. The van der Waals surface area contributed by atoms with Gasteiger partial charge in [0.15, 0.2) is 16.6 Å². The molecule has 0 bridgehead atoms. The molecule has 0 fully saturated rings. The monoisotopic (exact) mass is 418 g/mol. The molecule has 0 aliphatic carbocycles. The number of amides is 1. The van der Waals surface area contributed by atoms with Crippen molar-refractivity contribution in [3.63, 3.8) is 0 Å². The first-order valence-electron chi connectivity index (χ1n) is 9.45. The van der Waals surface area contributed by atoms with E-state index in [1.807, 2.05) is 66.7 Å². The van der Waals surface area contributed by atoms with E-state index in [0.29, 0.717) is 28.1 Å². The Hall–Kier alpha value is -3.58. The van der Waals surface area contributed by atoms with Gasteiger partial charge in [-0.05, 0) is 36.4 Å². The molecule has 6 nitrogen and oxygen atoms in total. The number of para-hydroxylation sites is 3. The Morgan fingerprint density at radius 3 is 2.70 bits per heavy atom. The van der Waals surface area contributed by atoms with Crippen molar-refractivity contribution in [1.29, 1.82) is 0 Å². The van der Waals surface area contributed by atoms with Crippen molar-refractivity contribution in [2.24, 2.45) is 0 Å². The fourth-order valence-electron chi connectivity index (χ4n) is 3.32. The number of rotatable bonds is 4. The van der Waals surface area contributed by atoms with E-state index in [0.717, 1.165) is 10.2 Å². The molecule has 3 aromatic carbocycles. The largest absolute Gasteiger partial charge is 0.497 e. The summed E-state index contributed by atoms with van der Waals surface area (Å²) >= 11 is 1.45. The molecule has 4 aromatic rings. The maximum atomic E-state index is 13.6. The molecule has 2 heterocycles. The summed E-state index contributed by atoms with van der Waals surface area (Å²) in [6.07, 6.45) is -0.793. The Morgan fingerprint density at radius 1 is 1.07 bits per heavy atom. The average molecular weight is 418 g/mol. The molecular formula is C23H18N2O4S. The average Bonchev–Trinajstić information content (AvgIpc) is 3.22. The number of methoxy groups -OCH3 is 1. The van der Waals surface area contributed by atoms with Crippen LogP contribution < -0.4 is 19.1 Å². The highest BCUT2D eigenvalue weighted by Gasteiger charge is 2.34. The summed E-state index contributed by atoms with van der Waals surface area (Å²) < 4.78 is 18.1. The van der Waals surface area contributed by atoms with Gasteiger partial charge in [-0.1, -0.05) is 41.7 Å². The van der Waals surface area contributed by atoms with Crippen LogP contribution in [0.2, 0.25) is 0 Å². The van der Waals surface area contributed by atoms with Crippen molar-refractivity contribution in [2.75, 3.05) is 18.6 Å². The molecule has 1 aliphatic heterocycles. The molecule has 150 valence electrons. The topological polar surface area (TPSA) is 60.9 Å². The lowest BCUT2D eigenvalue weighted by atomic mass is 10.2. The molecule has 1 unspecified atom stereocenters. The van der Waals surface area contributed by atoms with E-state index in [4.69, 9.17) is 19.2 Å². The summed E-state index contributed by atoms with van der Waals surface area (Å²) in [7, 11) is 1.60. The van der Waals surface area contributed by atoms with Gasteiger partial charge in [-0.3, -0.25) is 9.69 Å². The second-order valence-corrected chi connectivity index (χ2v) is 7.71. The van der Waals surface area contributed by atoms with E-state index in [1.54, 1.807) is 18.1 Å². The van der Waals surface area contributed by atoms with Gasteiger partial charge >= 0.3 is 0 Å². The highest BCUT2D eigenvalue weighted by atomic mass is 32.1. The van der Waals surface area contributed by atoms with Crippen LogP contribution in [-0.4, -0.2) is 30.7 Å². The smallest absolute Gasteiger partial charge is 0.278 e. The van der Waals surface area contributed by atoms with Crippen molar-refractivity contribution in [2.45, 2.75) is 6.10 Å². The van der Waals surface area contributed by atoms with E-state index in [9.17, 15) is 4.79 Å². The van der Waals surface area contributed by atoms with Crippen molar-refractivity contribution < 1.29 is 19.0 Å². The quantitative estimate of drug-likeness (QED) is 0.476. The summed E-state index contributed by atoms with van der Waals surface area (Å²) in [6.45, 7) is 0.126.